The average molecular weight is 296 g/mol. The molecular weight excluding hydrogens is 282 g/mol. The zero-order valence-electron chi connectivity index (χ0n) is 9.34. The minimum atomic E-state index is 0.520. The fraction of sp³-hybridized carbons (Fsp3) is 0.250. The second-order valence-corrected chi connectivity index (χ2v) is 4.54. The van der Waals surface area contributed by atoms with E-state index < -0.39 is 0 Å². The van der Waals surface area contributed by atoms with Gasteiger partial charge in [-0.05, 0) is 18.2 Å². The van der Waals surface area contributed by atoms with Gasteiger partial charge >= 0.3 is 0 Å². The van der Waals surface area contributed by atoms with E-state index in [0.29, 0.717) is 19.7 Å². The molecule has 0 aliphatic rings. The Morgan fingerprint density at radius 3 is 3.00 bits per heavy atom. The third-order valence-corrected chi connectivity index (χ3v) is 2.80. The van der Waals surface area contributed by atoms with Crippen LogP contribution in [0.5, 0.6) is 5.75 Å². The van der Waals surface area contributed by atoms with E-state index in [4.69, 9.17) is 10.5 Å². The van der Waals surface area contributed by atoms with E-state index in [-0.39, 0.29) is 0 Å². The van der Waals surface area contributed by atoms with Gasteiger partial charge in [-0.3, -0.25) is 4.68 Å². The number of hydrogen-bond donors (Lipinski definition) is 1. The van der Waals surface area contributed by atoms with Gasteiger partial charge in [0.2, 0.25) is 0 Å². The van der Waals surface area contributed by atoms with Crippen LogP contribution in [0, 0.1) is 0 Å². The molecule has 1 aromatic carbocycles. The Morgan fingerprint density at radius 2 is 2.29 bits per heavy atom. The van der Waals surface area contributed by atoms with E-state index in [2.05, 4.69) is 21.0 Å². The summed E-state index contributed by atoms with van der Waals surface area (Å²) in [7, 11) is 0. The highest BCUT2D eigenvalue weighted by Gasteiger charge is 1.98. The molecular formula is C12H14BrN3O. The van der Waals surface area contributed by atoms with Crippen molar-refractivity contribution in [3.8, 4) is 5.75 Å². The summed E-state index contributed by atoms with van der Waals surface area (Å²) in [5.74, 6) is 0.852. The molecule has 0 spiro atoms. The first-order valence-corrected chi connectivity index (χ1v) is 6.17. The number of nitrogens with zero attached hydrogens (tertiary/aromatic N) is 2. The van der Waals surface area contributed by atoms with Crippen molar-refractivity contribution in [2.45, 2.75) is 13.1 Å². The van der Waals surface area contributed by atoms with Crippen LogP contribution >= 0.6 is 15.9 Å². The Hall–Kier alpha value is -1.33. The number of hydrogen-bond acceptors (Lipinski definition) is 3. The van der Waals surface area contributed by atoms with Gasteiger partial charge in [0.25, 0.3) is 0 Å². The van der Waals surface area contributed by atoms with Gasteiger partial charge in [-0.15, -0.1) is 0 Å². The molecule has 0 saturated carbocycles. The van der Waals surface area contributed by atoms with Gasteiger partial charge in [0.05, 0.1) is 12.7 Å². The lowest BCUT2D eigenvalue weighted by Crippen LogP contribution is -2.08. The molecule has 0 aliphatic carbocycles. The van der Waals surface area contributed by atoms with Crippen molar-refractivity contribution in [2.75, 3.05) is 6.61 Å². The monoisotopic (exact) mass is 295 g/mol. The minimum Gasteiger partial charge on any atom is -0.492 e. The maximum Gasteiger partial charge on any atom is 0.120 e. The number of rotatable bonds is 5. The molecule has 0 aliphatic heterocycles. The lowest BCUT2D eigenvalue weighted by molar-refractivity contribution is 0.291. The van der Waals surface area contributed by atoms with Gasteiger partial charge in [-0.25, -0.2) is 0 Å². The summed E-state index contributed by atoms with van der Waals surface area (Å²) in [6.45, 7) is 1.82. The van der Waals surface area contributed by atoms with Gasteiger partial charge in [-0.1, -0.05) is 22.0 Å². The van der Waals surface area contributed by atoms with Gasteiger partial charge < -0.3 is 10.5 Å². The first kappa shape index (κ1) is 12.1. The van der Waals surface area contributed by atoms with Crippen molar-refractivity contribution in [2.24, 2.45) is 5.73 Å². The van der Waals surface area contributed by atoms with Gasteiger partial charge in [0, 0.05) is 22.8 Å². The van der Waals surface area contributed by atoms with E-state index in [0.717, 1.165) is 15.8 Å². The summed E-state index contributed by atoms with van der Waals surface area (Å²) in [6, 6.07) is 7.78. The fourth-order valence-electron chi connectivity index (χ4n) is 1.45. The van der Waals surface area contributed by atoms with Gasteiger partial charge in [0.15, 0.2) is 0 Å². The summed E-state index contributed by atoms with van der Waals surface area (Å²) >= 11 is 3.40. The molecule has 17 heavy (non-hydrogen) atoms. The first-order chi connectivity index (χ1) is 8.28. The van der Waals surface area contributed by atoms with E-state index in [1.54, 1.807) is 6.20 Å². The van der Waals surface area contributed by atoms with Crippen LogP contribution in [-0.2, 0) is 13.1 Å². The highest BCUT2D eigenvalue weighted by Crippen LogP contribution is 2.17. The van der Waals surface area contributed by atoms with E-state index in [1.165, 1.54) is 0 Å². The Labute approximate surface area is 109 Å². The molecule has 0 unspecified atom stereocenters. The first-order valence-electron chi connectivity index (χ1n) is 5.37. The quantitative estimate of drug-likeness (QED) is 0.920. The highest BCUT2D eigenvalue weighted by molar-refractivity contribution is 9.10. The molecule has 1 heterocycles. The summed E-state index contributed by atoms with van der Waals surface area (Å²) in [5.41, 5.74) is 6.54. The molecule has 0 bridgehead atoms. The third kappa shape index (κ3) is 3.57. The van der Waals surface area contributed by atoms with Crippen LogP contribution in [0.3, 0.4) is 0 Å². The number of aromatic nitrogens is 2. The van der Waals surface area contributed by atoms with Crippen molar-refractivity contribution < 1.29 is 4.74 Å². The molecule has 5 heteroatoms. The van der Waals surface area contributed by atoms with E-state index in [1.807, 2.05) is 35.1 Å². The maximum absolute atomic E-state index is 5.61. The summed E-state index contributed by atoms with van der Waals surface area (Å²) in [4.78, 5) is 0. The van der Waals surface area contributed by atoms with Crippen LogP contribution in [-0.4, -0.2) is 16.4 Å². The van der Waals surface area contributed by atoms with Crippen LogP contribution in [0.25, 0.3) is 0 Å². The number of ether oxygens (including phenoxy) is 1. The predicted octanol–water partition coefficient (Wildman–Crippen LogP) is 2.18. The Kier molecular flexibility index (Phi) is 4.17. The van der Waals surface area contributed by atoms with Crippen LogP contribution < -0.4 is 10.5 Å². The molecule has 0 atom stereocenters. The maximum atomic E-state index is 5.61. The lowest BCUT2D eigenvalue weighted by atomic mass is 10.3. The molecule has 2 rings (SSSR count). The molecule has 90 valence electrons. The summed E-state index contributed by atoms with van der Waals surface area (Å²) in [6.07, 6.45) is 3.71. The van der Waals surface area contributed by atoms with Crippen molar-refractivity contribution in [1.29, 1.82) is 0 Å². The summed E-state index contributed by atoms with van der Waals surface area (Å²) < 4.78 is 8.46. The molecule has 4 nitrogen and oxygen atoms in total. The Bertz CT molecular complexity index is 484. The highest BCUT2D eigenvalue weighted by atomic mass is 79.9. The largest absolute Gasteiger partial charge is 0.492 e. The molecule has 2 N–H and O–H groups in total. The number of halogens is 1. The molecule has 0 radical (unpaired) electrons. The van der Waals surface area contributed by atoms with Crippen molar-refractivity contribution >= 4 is 15.9 Å². The van der Waals surface area contributed by atoms with Crippen LogP contribution in [0.1, 0.15) is 5.56 Å². The Morgan fingerprint density at radius 1 is 1.41 bits per heavy atom. The molecule has 0 amide bonds. The second-order valence-electron chi connectivity index (χ2n) is 3.62. The fourth-order valence-corrected chi connectivity index (χ4v) is 1.83. The topological polar surface area (TPSA) is 53.1 Å². The summed E-state index contributed by atoms with van der Waals surface area (Å²) in [5, 5.41) is 4.18. The third-order valence-electron chi connectivity index (χ3n) is 2.31. The van der Waals surface area contributed by atoms with Crippen molar-refractivity contribution in [3.63, 3.8) is 0 Å². The SMILES string of the molecule is NCc1cnn(CCOc2cccc(Br)c2)c1. The predicted molar refractivity (Wildman–Crippen MR) is 69.8 cm³/mol. The normalized spacial score (nSPS) is 10.5. The molecule has 1 aromatic heterocycles. The van der Waals surface area contributed by atoms with E-state index >= 15 is 0 Å². The standard InChI is InChI=1S/C12H14BrN3O/c13-11-2-1-3-12(6-11)17-5-4-16-9-10(7-14)8-15-16/h1-3,6,8-9H,4-5,7,14H2. The number of nitrogens with two attached hydrogens (primary N) is 1. The average Bonchev–Trinajstić information content (AvgIpc) is 2.77. The molecule has 0 saturated heterocycles. The smallest absolute Gasteiger partial charge is 0.120 e. The van der Waals surface area contributed by atoms with Crippen LogP contribution in [0.2, 0.25) is 0 Å². The Balaban J connectivity index is 1.83. The molecule has 2 aromatic rings. The number of benzene rings is 1. The second kappa shape index (κ2) is 5.84. The van der Waals surface area contributed by atoms with Crippen molar-refractivity contribution in [3.05, 3.63) is 46.7 Å². The van der Waals surface area contributed by atoms with Gasteiger partial charge in [0.1, 0.15) is 12.4 Å². The lowest BCUT2D eigenvalue weighted by Gasteiger charge is -2.06. The van der Waals surface area contributed by atoms with Crippen LogP contribution in [0.15, 0.2) is 41.1 Å². The minimum absolute atomic E-state index is 0.520. The van der Waals surface area contributed by atoms with E-state index in [9.17, 15) is 0 Å². The van der Waals surface area contributed by atoms with Gasteiger partial charge in [-0.2, -0.15) is 5.10 Å². The zero-order chi connectivity index (χ0) is 12.1. The van der Waals surface area contributed by atoms with Crippen LogP contribution in [0.4, 0.5) is 0 Å². The van der Waals surface area contributed by atoms with Crippen molar-refractivity contribution in [1.82, 2.24) is 9.78 Å². The zero-order valence-corrected chi connectivity index (χ0v) is 10.9. The molecule has 0 fully saturated rings.